The molecular weight excluding hydrogens is 405 g/mol. The highest BCUT2D eigenvalue weighted by Crippen LogP contribution is 2.31. The number of alkyl halides is 3. The van der Waals surface area contributed by atoms with Gasteiger partial charge in [-0.15, -0.1) is 0 Å². The molecule has 9 heteroatoms. The van der Waals surface area contributed by atoms with E-state index in [1.165, 1.54) is 12.1 Å². The Balaban J connectivity index is 1.38. The number of benzene rings is 2. The fraction of sp³-hybridized carbons (Fsp3) is 0.300. The van der Waals surface area contributed by atoms with Gasteiger partial charge in [0.1, 0.15) is 0 Å². The molecule has 1 fully saturated rings. The van der Waals surface area contributed by atoms with Crippen molar-refractivity contribution in [1.29, 1.82) is 0 Å². The van der Waals surface area contributed by atoms with Crippen LogP contribution < -0.4 is 4.90 Å². The zero-order valence-corrected chi connectivity index (χ0v) is 16.1. The van der Waals surface area contributed by atoms with Crippen LogP contribution in [0.2, 0.25) is 5.02 Å². The van der Waals surface area contributed by atoms with Crippen molar-refractivity contribution in [3.63, 3.8) is 0 Å². The van der Waals surface area contributed by atoms with Crippen LogP contribution in [0.25, 0.3) is 11.4 Å². The van der Waals surface area contributed by atoms with Gasteiger partial charge >= 0.3 is 6.18 Å². The molecule has 3 aromatic rings. The molecule has 0 N–H and O–H groups in total. The van der Waals surface area contributed by atoms with Crippen molar-refractivity contribution >= 4 is 17.3 Å². The summed E-state index contributed by atoms with van der Waals surface area (Å²) in [5, 5.41) is 4.55. The molecule has 0 aliphatic carbocycles. The van der Waals surface area contributed by atoms with Crippen LogP contribution in [0.3, 0.4) is 0 Å². The van der Waals surface area contributed by atoms with Crippen LogP contribution in [0.5, 0.6) is 0 Å². The Morgan fingerprint density at radius 3 is 2.48 bits per heavy atom. The fourth-order valence-corrected chi connectivity index (χ4v) is 3.48. The summed E-state index contributed by atoms with van der Waals surface area (Å²) in [5.74, 6) is 0.539. The van der Waals surface area contributed by atoms with Crippen molar-refractivity contribution in [3.05, 3.63) is 65.0 Å². The third-order valence-electron chi connectivity index (χ3n) is 4.82. The molecule has 5 nitrogen and oxygen atoms in total. The molecular formula is C20H18ClF3N4O. The molecule has 0 spiro atoms. The summed E-state index contributed by atoms with van der Waals surface area (Å²) in [6, 6.07) is 12.7. The maximum atomic E-state index is 12.9. The molecule has 0 amide bonds. The summed E-state index contributed by atoms with van der Waals surface area (Å²) in [5.41, 5.74) is 0.626. The molecule has 2 aromatic carbocycles. The second-order valence-corrected chi connectivity index (χ2v) is 7.27. The third kappa shape index (κ3) is 4.71. The Bertz CT molecular complexity index is 984. The third-order valence-corrected chi connectivity index (χ3v) is 5.06. The van der Waals surface area contributed by atoms with Gasteiger partial charge in [-0.25, -0.2) is 0 Å². The SMILES string of the molecule is FC(F)(F)c1cccc(-c2noc(CN3CCN(c4cccc(Cl)c4)CC3)n2)c1. The molecule has 29 heavy (non-hydrogen) atoms. The zero-order chi connectivity index (χ0) is 20.4. The second kappa shape index (κ2) is 8.04. The molecule has 1 aromatic heterocycles. The highest BCUT2D eigenvalue weighted by Gasteiger charge is 2.31. The fourth-order valence-electron chi connectivity index (χ4n) is 3.30. The maximum Gasteiger partial charge on any atom is 0.416 e. The summed E-state index contributed by atoms with van der Waals surface area (Å²) in [6.07, 6.45) is -4.41. The number of halogens is 4. The van der Waals surface area contributed by atoms with Crippen molar-refractivity contribution in [3.8, 4) is 11.4 Å². The van der Waals surface area contributed by atoms with Crippen LogP contribution in [-0.4, -0.2) is 41.2 Å². The molecule has 0 saturated carbocycles. The molecule has 4 rings (SSSR count). The van der Waals surface area contributed by atoms with E-state index in [4.69, 9.17) is 16.1 Å². The van der Waals surface area contributed by atoms with E-state index in [9.17, 15) is 13.2 Å². The Hall–Kier alpha value is -2.58. The molecule has 152 valence electrons. The summed E-state index contributed by atoms with van der Waals surface area (Å²) >= 11 is 6.06. The van der Waals surface area contributed by atoms with E-state index >= 15 is 0 Å². The zero-order valence-electron chi connectivity index (χ0n) is 15.4. The number of anilines is 1. The number of hydrogen-bond donors (Lipinski definition) is 0. The van der Waals surface area contributed by atoms with Crippen LogP contribution in [-0.2, 0) is 12.7 Å². The standard InChI is InChI=1S/C20H18ClF3N4O/c21-16-5-2-6-17(12-16)28-9-7-27(8-10-28)13-18-25-19(26-29-18)14-3-1-4-15(11-14)20(22,23)24/h1-6,11-12H,7-10,13H2. The van der Waals surface area contributed by atoms with Gasteiger partial charge in [-0.3, -0.25) is 4.90 Å². The lowest BCUT2D eigenvalue weighted by Gasteiger charge is -2.35. The molecule has 0 bridgehead atoms. The summed E-state index contributed by atoms with van der Waals surface area (Å²) in [6.45, 7) is 3.71. The van der Waals surface area contributed by atoms with Gasteiger partial charge < -0.3 is 9.42 Å². The first kappa shape index (κ1) is 19.7. The molecule has 1 aliphatic rings. The van der Waals surface area contributed by atoms with Crippen LogP contribution in [0.15, 0.2) is 53.1 Å². The first-order valence-corrected chi connectivity index (χ1v) is 9.49. The van der Waals surface area contributed by atoms with E-state index in [2.05, 4.69) is 19.9 Å². The monoisotopic (exact) mass is 422 g/mol. The Kier molecular flexibility index (Phi) is 5.47. The van der Waals surface area contributed by atoms with E-state index < -0.39 is 11.7 Å². The van der Waals surface area contributed by atoms with Gasteiger partial charge in [0, 0.05) is 42.5 Å². The van der Waals surface area contributed by atoms with Gasteiger partial charge in [0.25, 0.3) is 0 Å². The Morgan fingerprint density at radius 1 is 1.00 bits per heavy atom. The molecule has 0 radical (unpaired) electrons. The van der Waals surface area contributed by atoms with Gasteiger partial charge in [0.15, 0.2) is 0 Å². The van der Waals surface area contributed by atoms with Crippen molar-refractivity contribution in [2.75, 3.05) is 31.1 Å². The average molecular weight is 423 g/mol. The van der Waals surface area contributed by atoms with Crippen molar-refractivity contribution in [2.24, 2.45) is 0 Å². The lowest BCUT2D eigenvalue weighted by atomic mass is 10.1. The van der Waals surface area contributed by atoms with E-state index in [1.54, 1.807) is 0 Å². The van der Waals surface area contributed by atoms with E-state index in [-0.39, 0.29) is 11.4 Å². The number of aromatic nitrogens is 2. The lowest BCUT2D eigenvalue weighted by molar-refractivity contribution is -0.137. The lowest BCUT2D eigenvalue weighted by Crippen LogP contribution is -2.46. The van der Waals surface area contributed by atoms with Crippen molar-refractivity contribution < 1.29 is 17.7 Å². The minimum Gasteiger partial charge on any atom is -0.369 e. The summed E-state index contributed by atoms with van der Waals surface area (Å²) in [4.78, 5) is 8.69. The van der Waals surface area contributed by atoms with Gasteiger partial charge in [0.2, 0.25) is 11.7 Å². The largest absolute Gasteiger partial charge is 0.416 e. The van der Waals surface area contributed by atoms with Gasteiger partial charge in [-0.2, -0.15) is 18.2 Å². The topological polar surface area (TPSA) is 45.4 Å². The molecule has 1 saturated heterocycles. The predicted octanol–water partition coefficient (Wildman–Crippen LogP) is 4.73. The number of rotatable bonds is 4. The predicted molar refractivity (Wildman–Crippen MR) is 104 cm³/mol. The first-order chi connectivity index (χ1) is 13.9. The minimum atomic E-state index is -4.41. The molecule has 0 unspecified atom stereocenters. The number of hydrogen-bond acceptors (Lipinski definition) is 5. The highest BCUT2D eigenvalue weighted by molar-refractivity contribution is 6.30. The first-order valence-electron chi connectivity index (χ1n) is 9.11. The van der Waals surface area contributed by atoms with Gasteiger partial charge in [0.05, 0.1) is 12.1 Å². The number of nitrogens with zero attached hydrogens (tertiary/aromatic N) is 4. The van der Waals surface area contributed by atoms with Crippen molar-refractivity contribution in [1.82, 2.24) is 15.0 Å². The smallest absolute Gasteiger partial charge is 0.369 e. The van der Waals surface area contributed by atoms with Crippen molar-refractivity contribution in [2.45, 2.75) is 12.7 Å². The van der Waals surface area contributed by atoms with Crippen LogP contribution >= 0.6 is 11.6 Å². The van der Waals surface area contributed by atoms with Crippen LogP contribution in [0.1, 0.15) is 11.5 Å². The Labute approximate surface area is 170 Å². The summed E-state index contributed by atoms with van der Waals surface area (Å²) in [7, 11) is 0. The minimum absolute atomic E-state index is 0.156. The van der Waals surface area contributed by atoms with Gasteiger partial charge in [-0.1, -0.05) is 35.0 Å². The van der Waals surface area contributed by atoms with Gasteiger partial charge in [-0.05, 0) is 30.3 Å². The molecule has 0 atom stereocenters. The summed E-state index contributed by atoms with van der Waals surface area (Å²) < 4.78 is 43.9. The second-order valence-electron chi connectivity index (χ2n) is 6.83. The average Bonchev–Trinajstić information content (AvgIpc) is 3.17. The van der Waals surface area contributed by atoms with Crippen LogP contribution in [0, 0.1) is 0 Å². The number of piperazine rings is 1. The maximum absolute atomic E-state index is 12.9. The Morgan fingerprint density at radius 2 is 1.76 bits per heavy atom. The normalized spacial score (nSPS) is 15.7. The highest BCUT2D eigenvalue weighted by atomic mass is 35.5. The van der Waals surface area contributed by atoms with Crippen LogP contribution in [0.4, 0.5) is 18.9 Å². The van der Waals surface area contributed by atoms with E-state index in [1.807, 2.05) is 24.3 Å². The molecule has 1 aliphatic heterocycles. The van der Waals surface area contributed by atoms with E-state index in [0.717, 1.165) is 44.0 Å². The van der Waals surface area contributed by atoms with E-state index in [0.29, 0.717) is 17.5 Å². The quantitative estimate of drug-likeness (QED) is 0.608. The molecule has 2 heterocycles.